The van der Waals surface area contributed by atoms with E-state index in [4.69, 9.17) is 0 Å². The standard InChI is InChI=1S/C13H14FNO/c1-9(2)15-12(5-6-16)8-10-7-11(14)3-4-13(10)15/h3-4,6-9H,5H2,1-2H3. The van der Waals surface area contributed by atoms with Crippen molar-refractivity contribution in [3.63, 3.8) is 0 Å². The number of aldehydes is 1. The van der Waals surface area contributed by atoms with Crippen LogP contribution in [0.4, 0.5) is 4.39 Å². The summed E-state index contributed by atoms with van der Waals surface area (Å²) in [5.41, 5.74) is 1.92. The van der Waals surface area contributed by atoms with Crippen LogP contribution in [-0.4, -0.2) is 10.9 Å². The van der Waals surface area contributed by atoms with Gasteiger partial charge in [-0.2, -0.15) is 0 Å². The number of hydrogen-bond donors (Lipinski definition) is 0. The molecule has 3 heteroatoms. The first-order valence-electron chi connectivity index (χ1n) is 5.36. The summed E-state index contributed by atoms with van der Waals surface area (Å²) in [6, 6.07) is 6.86. The van der Waals surface area contributed by atoms with Gasteiger partial charge in [0.05, 0.1) is 0 Å². The number of rotatable bonds is 3. The summed E-state index contributed by atoms with van der Waals surface area (Å²) < 4.78 is 15.2. The van der Waals surface area contributed by atoms with Gasteiger partial charge in [-0.3, -0.25) is 0 Å². The highest BCUT2D eigenvalue weighted by Gasteiger charge is 2.11. The molecule has 2 aromatic rings. The first kappa shape index (κ1) is 10.9. The van der Waals surface area contributed by atoms with Crippen LogP contribution in [-0.2, 0) is 11.2 Å². The molecule has 0 saturated carbocycles. The van der Waals surface area contributed by atoms with Crippen molar-refractivity contribution in [2.24, 2.45) is 0 Å². The normalized spacial score (nSPS) is 11.2. The zero-order chi connectivity index (χ0) is 11.7. The highest BCUT2D eigenvalue weighted by molar-refractivity contribution is 5.82. The van der Waals surface area contributed by atoms with E-state index in [0.717, 1.165) is 22.9 Å². The van der Waals surface area contributed by atoms with Crippen molar-refractivity contribution < 1.29 is 9.18 Å². The van der Waals surface area contributed by atoms with Crippen LogP contribution in [0.1, 0.15) is 25.6 Å². The van der Waals surface area contributed by atoms with E-state index < -0.39 is 0 Å². The average Bonchev–Trinajstić information content (AvgIpc) is 2.55. The van der Waals surface area contributed by atoms with Crippen molar-refractivity contribution in [3.8, 4) is 0 Å². The van der Waals surface area contributed by atoms with Gasteiger partial charge in [-0.15, -0.1) is 0 Å². The second-order valence-corrected chi connectivity index (χ2v) is 4.17. The van der Waals surface area contributed by atoms with Gasteiger partial charge in [0.1, 0.15) is 12.1 Å². The molecular weight excluding hydrogens is 205 g/mol. The van der Waals surface area contributed by atoms with Crippen LogP contribution in [0.2, 0.25) is 0 Å². The van der Waals surface area contributed by atoms with Gasteiger partial charge in [-0.25, -0.2) is 4.39 Å². The Morgan fingerprint density at radius 3 is 2.75 bits per heavy atom. The van der Waals surface area contributed by atoms with Gasteiger partial charge < -0.3 is 9.36 Å². The zero-order valence-corrected chi connectivity index (χ0v) is 9.40. The molecular formula is C13H14FNO. The summed E-state index contributed by atoms with van der Waals surface area (Å²) in [4.78, 5) is 10.6. The second kappa shape index (κ2) is 4.08. The van der Waals surface area contributed by atoms with E-state index in [1.165, 1.54) is 12.1 Å². The molecule has 0 saturated heterocycles. The SMILES string of the molecule is CC(C)n1c(CC=O)cc2cc(F)ccc21. The Hall–Kier alpha value is -1.64. The lowest BCUT2D eigenvalue weighted by atomic mass is 10.2. The fourth-order valence-electron chi connectivity index (χ4n) is 2.12. The number of benzene rings is 1. The number of hydrogen-bond acceptors (Lipinski definition) is 1. The van der Waals surface area contributed by atoms with Crippen LogP contribution in [0.3, 0.4) is 0 Å². The minimum atomic E-state index is -0.244. The minimum absolute atomic E-state index is 0.244. The van der Waals surface area contributed by atoms with Crippen LogP contribution in [0.15, 0.2) is 24.3 Å². The van der Waals surface area contributed by atoms with Crippen molar-refractivity contribution in [2.45, 2.75) is 26.3 Å². The van der Waals surface area contributed by atoms with Gasteiger partial charge >= 0.3 is 0 Å². The first-order chi connectivity index (χ1) is 7.63. The van der Waals surface area contributed by atoms with Gasteiger partial charge in [-0.05, 0) is 38.1 Å². The van der Waals surface area contributed by atoms with E-state index in [9.17, 15) is 9.18 Å². The predicted molar refractivity (Wildman–Crippen MR) is 62.0 cm³/mol. The van der Waals surface area contributed by atoms with Gasteiger partial charge in [0.25, 0.3) is 0 Å². The smallest absolute Gasteiger partial charge is 0.125 e. The summed E-state index contributed by atoms with van der Waals surface area (Å²) in [5, 5.41) is 0.852. The predicted octanol–water partition coefficient (Wildman–Crippen LogP) is 3.10. The maximum atomic E-state index is 13.1. The minimum Gasteiger partial charge on any atom is -0.342 e. The number of fused-ring (bicyclic) bond motifs is 1. The Balaban J connectivity index is 2.70. The lowest BCUT2D eigenvalue weighted by Crippen LogP contribution is -2.05. The third-order valence-electron chi connectivity index (χ3n) is 2.69. The third kappa shape index (κ3) is 1.73. The number of carbonyl (C=O) groups excluding carboxylic acids is 1. The molecule has 1 heterocycles. The summed E-state index contributed by atoms with van der Waals surface area (Å²) >= 11 is 0. The molecule has 84 valence electrons. The van der Waals surface area contributed by atoms with E-state index in [1.54, 1.807) is 6.07 Å². The quantitative estimate of drug-likeness (QED) is 0.727. The van der Waals surface area contributed by atoms with Crippen molar-refractivity contribution in [1.29, 1.82) is 0 Å². The monoisotopic (exact) mass is 219 g/mol. The molecule has 0 N–H and O–H groups in total. The van der Waals surface area contributed by atoms with Crippen molar-refractivity contribution >= 4 is 17.2 Å². The molecule has 0 atom stereocenters. The van der Waals surface area contributed by atoms with E-state index >= 15 is 0 Å². The molecule has 0 spiro atoms. The molecule has 2 rings (SSSR count). The Morgan fingerprint density at radius 1 is 1.38 bits per heavy atom. The van der Waals surface area contributed by atoms with Gasteiger partial charge in [0.2, 0.25) is 0 Å². The molecule has 0 amide bonds. The summed E-state index contributed by atoms with van der Waals surface area (Å²) in [7, 11) is 0. The summed E-state index contributed by atoms with van der Waals surface area (Å²) in [6.45, 7) is 4.11. The molecule has 0 aliphatic carbocycles. The van der Waals surface area contributed by atoms with Crippen molar-refractivity contribution in [2.75, 3.05) is 0 Å². The first-order valence-corrected chi connectivity index (χ1v) is 5.36. The lowest BCUT2D eigenvalue weighted by Gasteiger charge is -2.13. The number of carbonyl (C=O) groups is 1. The molecule has 0 unspecified atom stereocenters. The second-order valence-electron chi connectivity index (χ2n) is 4.17. The maximum absolute atomic E-state index is 13.1. The third-order valence-corrected chi connectivity index (χ3v) is 2.69. The highest BCUT2D eigenvalue weighted by atomic mass is 19.1. The van der Waals surface area contributed by atoms with E-state index in [2.05, 4.69) is 18.4 Å². The van der Waals surface area contributed by atoms with Crippen LogP contribution in [0, 0.1) is 5.82 Å². The van der Waals surface area contributed by atoms with Crippen molar-refractivity contribution in [1.82, 2.24) is 4.57 Å². The zero-order valence-electron chi connectivity index (χ0n) is 9.40. The fourth-order valence-corrected chi connectivity index (χ4v) is 2.12. The molecule has 0 aliphatic rings. The van der Waals surface area contributed by atoms with Gasteiger partial charge in [-0.1, -0.05) is 0 Å². The molecule has 16 heavy (non-hydrogen) atoms. The molecule has 1 aromatic carbocycles. The van der Waals surface area contributed by atoms with E-state index in [-0.39, 0.29) is 11.9 Å². The van der Waals surface area contributed by atoms with E-state index in [1.807, 2.05) is 6.07 Å². The summed E-state index contributed by atoms with van der Waals surface area (Å²) in [6.07, 6.45) is 1.25. The fraction of sp³-hybridized carbons (Fsp3) is 0.308. The van der Waals surface area contributed by atoms with Crippen LogP contribution in [0.25, 0.3) is 10.9 Å². The van der Waals surface area contributed by atoms with Crippen molar-refractivity contribution in [3.05, 3.63) is 35.8 Å². The molecule has 1 aromatic heterocycles. The molecule has 0 radical (unpaired) electrons. The molecule has 0 bridgehead atoms. The Kier molecular flexibility index (Phi) is 2.77. The molecule has 0 fully saturated rings. The maximum Gasteiger partial charge on any atom is 0.125 e. The average molecular weight is 219 g/mol. The number of aromatic nitrogens is 1. The van der Waals surface area contributed by atoms with Gasteiger partial charge in [0, 0.05) is 29.1 Å². The Bertz CT molecular complexity index is 528. The molecule has 2 nitrogen and oxygen atoms in total. The summed E-state index contributed by atoms with van der Waals surface area (Å²) in [5.74, 6) is -0.244. The Morgan fingerprint density at radius 2 is 2.12 bits per heavy atom. The topological polar surface area (TPSA) is 22.0 Å². The number of halogens is 1. The van der Waals surface area contributed by atoms with E-state index in [0.29, 0.717) is 6.42 Å². The van der Waals surface area contributed by atoms with Crippen LogP contribution in [0.5, 0.6) is 0 Å². The molecule has 0 aliphatic heterocycles. The van der Waals surface area contributed by atoms with Crippen LogP contribution < -0.4 is 0 Å². The van der Waals surface area contributed by atoms with Crippen LogP contribution >= 0.6 is 0 Å². The number of nitrogens with zero attached hydrogens (tertiary/aromatic N) is 1. The lowest BCUT2D eigenvalue weighted by molar-refractivity contribution is -0.107. The largest absolute Gasteiger partial charge is 0.342 e. The van der Waals surface area contributed by atoms with Gasteiger partial charge in [0.15, 0.2) is 0 Å². The Labute approximate surface area is 93.7 Å². The highest BCUT2D eigenvalue weighted by Crippen LogP contribution is 2.24.